The fourth-order valence-electron chi connectivity index (χ4n) is 2.92. The Bertz CT molecular complexity index is 1100. The van der Waals surface area contributed by atoms with Gasteiger partial charge in [-0.1, -0.05) is 11.6 Å². The summed E-state index contributed by atoms with van der Waals surface area (Å²) in [5.41, 5.74) is 3.25. The molecule has 0 aliphatic heterocycles. The Morgan fingerprint density at radius 1 is 1.35 bits per heavy atom. The molecular formula is C15H12ClN7O2S. The molecule has 2 aromatic heterocycles. The van der Waals surface area contributed by atoms with Crippen molar-refractivity contribution >= 4 is 35.7 Å². The molecule has 3 aromatic rings. The Kier molecular flexibility index (Phi) is 4.13. The van der Waals surface area contributed by atoms with Crippen LogP contribution in [0.5, 0.6) is 0 Å². The lowest BCUT2D eigenvalue weighted by atomic mass is 10.2. The van der Waals surface area contributed by atoms with E-state index in [2.05, 4.69) is 25.5 Å². The maximum atomic E-state index is 10.9. The molecule has 0 saturated carbocycles. The molecule has 11 heteroatoms. The van der Waals surface area contributed by atoms with Gasteiger partial charge in [0.2, 0.25) is 10.6 Å². The molecule has 0 radical (unpaired) electrons. The number of rotatable bonds is 4. The van der Waals surface area contributed by atoms with Crippen molar-refractivity contribution in [1.82, 2.24) is 25.1 Å². The summed E-state index contributed by atoms with van der Waals surface area (Å²) in [4.78, 5) is 10.4. The molecule has 4 rings (SSSR count). The summed E-state index contributed by atoms with van der Waals surface area (Å²) < 4.78 is 1.71. The molecule has 26 heavy (non-hydrogen) atoms. The average Bonchev–Trinajstić information content (AvgIpc) is 3.30. The van der Waals surface area contributed by atoms with Crippen molar-refractivity contribution in [3.63, 3.8) is 0 Å². The number of halogens is 1. The normalized spacial score (nSPS) is 13.4. The van der Waals surface area contributed by atoms with E-state index >= 15 is 0 Å². The summed E-state index contributed by atoms with van der Waals surface area (Å²) in [5.74, 6) is 0.479. The van der Waals surface area contributed by atoms with Gasteiger partial charge in [-0.3, -0.25) is 15.2 Å². The third kappa shape index (κ3) is 2.82. The van der Waals surface area contributed by atoms with Gasteiger partial charge in [0.1, 0.15) is 5.69 Å². The minimum atomic E-state index is -0.490. The quantitative estimate of drug-likeness (QED) is 0.307. The van der Waals surface area contributed by atoms with Gasteiger partial charge in [-0.2, -0.15) is 20.0 Å². The predicted octanol–water partition coefficient (Wildman–Crippen LogP) is 3.26. The molecule has 9 nitrogen and oxygen atoms in total. The van der Waals surface area contributed by atoms with E-state index in [1.165, 1.54) is 29.1 Å². The zero-order valence-corrected chi connectivity index (χ0v) is 14.8. The van der Waals surface area contributed by atoms with Crippen LogP contribution in [0.3, 0.4) is 0 Å². The number of aryl methyl sites for hydroxylation is 1. The second kappa shape index (κ2) is 6.46. The molecule has 0 fully saturated rings. The zero-order valence-electron chi connectivity index (χ0n) is 13.3. The van der Waals surface area contributed by atoms with Gasteiger partial charge in [-0.15, -0.1) is 0 Å². The van der Waals surface area contributed by atoms with Crippen LogP contribution in [0.15, 0.2) is 23.3 Å². The zero-order chi connectivity index (χ0) is 18.3. The largest absolute Gasteiger partial charge is 0.282 e. The van der Waals surface area contributed by atoms with Gasteiger partial charge in [0.15, 0.2) is 0 Å². The van der Waals surface area contributed by atoms with Gasteiger partial charge in [0.25, 0.3) is 5.69 Å². The third-order valence-corrected chi connectivity index (χ3v) is 4.78. The Morgan fingerprint density at radius 2 is 2.19 bits per heavy atom. The van der Waals surface area contributed by atoms with Crippen molar-refractivity contribution in [1.29, 1.82) is 0 Å². The van der Waals surface area contributed by atoms with Crippen LogP contribution >= 0.6 is 23.8 Å². The Balaban J connectivity index is 1.75. The molecule has 1 aliphatic carbocycles. The molecule has 0 spiro atoms. The maximum Gasteiger partial charge on any atom is 0.270 e. The summed E-state index contributed by atoms with van der Waals surface area (Å²) in [6.45, 7) is 0. The number of benzene rings is 1. The molecule has 2 heterocycles. The first kappa shape index (κ1) is 16.6. The minimum absolute atomic E-state index is 0.0722. The van der Waals surface area contributed by atoms with E-state index in [0.29, 0.717) is 22.1 Å². The molecule has 1 aromatic carbocycles. The minimum Gasteiger partial charge on any atom is -0.282 e. The molecule has 1 aliphatic rings. The highest BCUT2D eigenvalue weighted by molar-refractivity contribution is 7.71. The van der Waals surface area contributed by atoms with Gasteiger partial charge in [-0.25, -0.2) is 5.10 Å². The average molecular weight is 390 g/mol. The van der Waals surface area contributed by atoms with Crippen LogP contribution in [0.25, 0.3) is 11.5 Å². The van der Waals surface area contributed by atoms with Crippen LogP contribution in [0.4, 0.5) is 5.69 Å². The molecule has 0 saturated heterocycles. The lowest BCUT2D eigenvalue weighted by Crippen LogP contribution is -1.98. The number of nitrogens with one attached hydrogen (secondary N) is 2. The van der Waals surface area contributed by atoms with E-state index in [9.17, 15) is 10.1 Å². The molecule has 0 unspecified atom stereocenters. The van der Waals surface area contributed by atoms with Crippen molar-refractivity contribution in [2.75, 3.05) is 0 Å². The number of nitrogens with zero attached hydrogens (tertiary/aromatic N) is 5. The highest BCUT2D eigenvalue weighted by Gasteiger charge is 2.23. The number of nitro benzene ring substituents is 1. The maximum absolute atomic E-state index is 10.9. The SMILES string of the molecule is O=[N+]([O-])c1ccc(Cl)c(/C=N\n2c(-c3n[nH]c4c3CCC4)n[nH]c2=S)c1. The van der Waals surface area contributed by atoms with Crippen molar-refractivity contribution in [2.24, 2.45) is 5.10 Å². The topological polar surface area (TPSA) is 118 Å². The van der Waals surface area contributed by atoms with Gasteiger partial charge in [-0.05, 0) is 37.5 Å². The van der Waals surface area contributed by atoms with Crippen molar-refractivity contribution in [2.45, 2.75) is 19.3 Å². The van der Waals surface area contributed by atoms with E-state index in [1.54, 1.807) is 0 Å². The van der Waals surface area contributed by atoms with Gasteiger partial charge in [0, 0.05) is 34.0 Å². The van der Waals surface area contributed by atoms with Gasteiger partial charge in [0.05, 0.1) is 11.1 Å². The Morgan fingerprint density at radius 3 is 3.00 bits per heavy atom. The van der Waals surface area contributed by atoms with E-state index < -0.39 is 4.92 Å². The summed E-state index contributed by atoms with van der Waals surface area (Å²) in [5, 5.41) is 29.9. The monoisotopic (exact) mass is 389 g/mol. The molecule has 0 atom stereocenters. The smallest absolute Gasteiger partial charge is 0.270 e. The Labute approximate surface area is 156 Å². The van der Waals surface area contributed by atoms with E-state index in [0.717, 1.165) is 30.5 Å². The standard InChI is InChI=1S/C15H12ClN7O2S/c16-11-5-4-9(23(24)25)6-8(11)7-17-22-14(20-21-15(22)26)13-10-2-1-3-12(10)18-19-13/h4-7H,1-3H2,(H,18,19)(H,21,26)/b17-7-. The van der Waals surface area contributed by atoms with E-state index in [1.807, 2.05) is 0 Å². The van der Waals surface area contributed by atoms with E-state index in [4.69, 9.17) is 23.8 Å². The number of hydrogen-bond donors (Lipinski definition) is 2. The Hall–Kier alpha value is -2.85. The summed E-state index contributed by atoms with van der Waals surface area (Å²) in [6.07, 6.45) is 4.35. The second-order valence-electron chi connectivity index (χ2n) is 5.75. The first-order chi connectivity index (χ1) is 12.5. The fourth-order valence-corrected chi connectivity index (χ4v) is 3.27. The number of nitro groups is 1. The van der Waals surface area contributed by atoms with Gasteiger partial charge < -0.3 is 0 Å². The van der Waals surface area contributed by atoms with E-state index in [-0.39, 0.29) is 10.5 Å². The fraction of sp³-hybridized carbons (Fsp3) is 0.200. The summed E-state index contributed by atoms with van der Waals surface area (Å²) in [6, 6.07) is 4.14. The second-order valence-corrected chi connectivity index (χ2v) is 6.55. The van der Waals surface area contributed by atoms with Crippen LogP contribution in [0.2, 0.25) is 5.02 Å². The molecule has 0 amide bonds. The molecule has 2 N–H and O–H groups in total. The first-order valence-corrected chi connectivity index (χ1v) is 8.55. The third-order valence-electron chi connectivity index (χ3n) is 4.17. The number of fused-ring (bicyclic) bond motifs is 1. The highest BCUT2D eigenvalue weighted by atomic mass is 35.5. The number of non-ortho nitro benzene ring substituents is 1. The number of aromatic nitrogens is 5. The van der Waals surface area contributed by atoms with Crippen LogP contribution in [0, 0.1) is 14.9 Å². The summed E-state index contributed by atoms with van der Waals surface area (Å²) in [7, 11) is 0. The summed E-state index contributed by atoms with van der Waals surface area (Å²) >= 11 is 11.3. The van der Waals surface area contributed by atoms with Crippen molar-refractivity contribution in [3.05, 3.63) is 54.9 Å². The molecule has 0 bridgehead atoms. The number of hydrogen-bond acceptors (Lipinski definition) is 6. The molecular weight excluding hydrogens is 378 g/mol. The van der Waals surface area contributed by atoms with Crippen molar-refractivity contribution in [3.8, 4) is 11.5 Å². The lowest BCUT2D eigenvalue weighted by molar-refractivity contribution is -0.384. The van der Waals surface area contributed by atoms with Crippen LogP contribution in [0.1, 0.15) is 23.2 Å². The van der Waals surface area contributed by atoms with Crippen LogP contribution in [-0.2, 0) is 12.8 Å². The van der Waals surface area contributed by atoms with Crippen LogP contribution in [-0.4, -0.2) is 36.2 Å². The number of aromatic amines is 2. The molecule has 132 valence electrons. The van der Waals surface area contributed by atoms with Crippen LogP contribution < -0.4 is 0 Å². The first-order valence-electron chi connectivity index (χ1n) is 7.77. The lowest BCUT2D eigenvalue weighted by Gasteiger charge is -2.01. The highest BCUT2D eigenvalue weighted by Crippen LogP contribution is 2.29. The van der Waals surface area contributed by atoms with Crippen molar-refractivity contribution < 1.29 is 4.92 Å². The van der Waals surface area contributed by atoms with Gasteiger partial charge >= 0.3 is 0 Å². The number of H-pyrrole nitrogens is 2. The predicted molar refractivity (Wildman–Crippen MR) is 98.1 cm³/mol.